The fourth-order valence-corrected chi connectivity index (χ4v) is 3.61. The number of thiophene rings is 1. The third-order valence-corrected chi connectivity index (χ3v) is 4.84. The minimum absolute atomic E-state index is 0.112. The van der Waals surface area contributed by atoms with Gasteiger partial charge in [-0.25, -0.2) is 14.8 Å². The van der Waals surface area contributed by atoms with Crippen LogP contribution in [0.1, 0.15) is 23.0 Å². The van der Waals surface area contributed by atoms with Crippen molar-refractivity contribution in [3.05, 3.63) is 52.5 Å². The first kappa shape index (κ1) is 18.0. The minimum atomic E-state index is -0.445. The monoisotopic (exact) mass is 388 g/mol. The lowest BCUT2D eigenvalue weighted by molar-refractivity contribution is -0.115. The van der Waals surface area contributed by atoms with E-state index in [0.717, 1.165) is 0 Å². The van der Waals surface area contributed by atoms with Crippen LogP contribution in [0, 0.1) is 0 Å². The summed E-state index contributed by atoms with van der Waals surface area (Å²) in [5.41, 5.74) is 1.00. The lowest BCUT2D eigenvalue weighted by Crippen LogP contribution is -2.16. The number of nitrogens with zero attached hydrogens (tertiary/aromatic N) is 2. The van der Waals surface area contributed by atoms with Crippen LogP contribution >= 0.6 is 22.7 Å². The number of hydrogen-bond acceptors (Lipinski definition) is 8. The van der Waals surface area contributed by atoms with Gasteiger partial charge in [-0.1, -0.05) is 6.07 Å². The van der Waals surface area contributed by atoms with Gasteiger partial charge in [0.05, 0.1) is 24.3 Å². The van der Waals surface area contributed by atoms with Crippen molar-refractivity contribution in [2.24, 2.45) is 0 Å². The van der Waals surface area contributed by atoms with E-state index < -0.39 is 5.97 Å². The second-order valence-corrected chi connectivity index (χ2v) is 6.87. The van der Waals surface area contributed by atoms with Gasteiger partial charge in [-0.05, 0) is 30.5 Å². The summed E-state index contributed by atoms with van der Waals surface area (Å²) in [6.45, 7) is 2.02. The molecule has 0 radical (unpaired) electrons. The highest BCUT2D eigenvalue weighted by Crippen LogP contribution is 2.25. The molecule has 0 atom stereocenters. The molecule has 0 unspecified atom stereocenters. The lowest BCUT2D eigenvalue weighted by Gasteiger charge is -2.05. The first-order chi connectivity index (χ1) is 12.7. The zero-order valence-corrected chi connectivity index (χ0v) is 15.5. The molecule has 0 bridgehead atoms. The van der Waals surface area contributed by atoms with Gasteiger partial charge in [0.2, 0.25) is 5.91 Å². The quantitative estimate of drug-likeness (QED) is 0.600. The van der Waals surface area contributed by atoms with E-state index in [9.17, 15) is 9.59 Å². The molecule has 3 heterocycles. The molecule has 0 aromatic carbocycles. The summed E-state index contributed by atoms with van der Waals surface area (Å²) in [6.07, 6.45) is 1.80. The summed E-state index contributed by atoms with van der Waals surface area (Å²) in [6, 6.07) is 7.18. The molecule has 1 amide bonds. The number of carbonyl (C=O) groups excluding carboxylic acids is 2. The van der Waals surface area contributed by atoms with Crippen molar-refractivity contribution >= 4 is 50.5 Å². The number of thiazole rings is 1. The molecule has 26 heavy (non-hydrogen) atoms. The van der Waals surface area contributed by atoms with Crippen LogP contribution in [-0.4, -0.2) is 28.5 Å². The van der Waals surface area contributed by atoms with E-state index in [-0.39, 0.29) is 18.9 Å². The molecule has 134 valence electrons. The van der Waals surface area contributed by atoms with Gasteiger partial charge >= 0.3 is 5.97 Å². The Labute approximate surface area is 158 Å². The van der Waals surface area contributed by atoms with E-state index in [1.165, 1.54) is 22.7 Å². The zero-order valence-electron chi connectivity index (χ0n) is 13.9. The van der Waals surface area contributed by atoms with Gasteiger partial charge in [0.1, 0.15) is 10.8 Å². The molecule has 0 saturated carbocycles. The minimum Gasteiger partial charge on any atom is -0.462 e. The molecular weight excluding hydrogens is 372 g/mol. The molecule has 2 N–H and O–H groups in total. The number of rotatable bonds is 7. The van der Waals surface area contributed by atoms with Crippen LogP contribution in [0.25, 0.3) is 0 Å². The SMILES string of the molecule is CCOC(=O)c1ccsc1NC(=O)Cc1csc(Nc2ccccn2)n1. The Hall–Kier alpha value is -2.78. The number of hydrogen-bond donors (Lipinski definition) is 2. The van der Waals surface area contributed by atoms with Crippen LogP contribution in [0.2, 0.25) is 0 Å². The molecule has 0 aliphatic carbocycles. The average Bonchev–Trinajstić information content (AvgIpc) is 3.25. The predicted molar refractivity (Wildman–Crippen MR) is 102 cm³/mol. The van der Waals surface area contributed by atoms with Crippen molar-refractivity contribution < 1.29 is 14.3 Å². The van der Waals surface area contributed by atoms with Gasteiger partial charge in [0.25, 0.3) is 0 Å². The fraction of sp³-hybridized carbons (Fsp3) is 0.176. The first-order valence-electron chi connectivity index (χ1n) is 7.82. The Morgan fingerprint density at radius 1 is 1.23 bits per heavy atom. The van der Waals surface area contributed by atoms with Gasteiger partial charge in [-0.15, -0.1) is 22.7 Å². The summed E-state index contributed by atoms with van der Waals surface area (Å²) in [7, 11) is 0. The summed E-state index contributed by atoms with van der Waals surface area (Å²) >= 11 is 2.67. The second-order valence-electron chi connectivity index (χ2n) is 5.09. The third-order valence-electron chi connectivity index (χ3n) is 3.21. The Kier molecular flexibility index (Phi) is 5.92. The number of amides is 1. The topological polar surface area (TPSA) is 93.2 Å². The molecule has 3 aromatic heterocycles. The Morgan fingerprint density at radius 3 is 2.88 bits per heavy atom. The number of anilines is 3. The maximum Gasteiger partial charge on any atom is 0.341 e. The number of ether oxygens (including phenoxy) is 1. The Morgan fingerprint density at radius 2 is 2.12 bits per heavy atom. The van der Waals surface area contributed by atoms with Crippen molar-refractivity contribution in [3.63, 3.8) is 0 Å². The van der Waals surface area contributed by atoms with Gasteiger partial charge in [0.15, 0.2) is 5.13 Å². The smallest absolute Gasteiger partial charge is 0.341 e. The van der Waals surface area contributed by atoms with E-state index in [0.29, 0.717) is 27.2 Å². The largest absolute Gasteiger partial charge is 0.462 e. The lowest BCUT2D eigenvalue weighted by atomic mass is 10.3. The molecule has 0 aliphatic rings. The fourth-order valence-electron chi connectivity index (χ4n) is 2.10. The summed E-state index contributed by atoms with van der Waals surface area (Å²) in [4.78, 5) is 32.7. The molecule has 3 aromatic rings. The van der Waals surface area contributed by atoms with Crippen LogP contribution in [-0.2, 0) is 16.0 Å². The first-order valence-corrected chi connectivity index (χ1v) is 9.58. The number of carbonyl (C=O) groups is 2. The maximum atomic E-state index is 12.3. The van der Waals surface area contributed by atoms with Crippen molar-refractivity contribution in [1.29, 1.82) is 0 Å². The third kappa shape index (κ3) is 4.64. The molecule has 0 spiro atoms. The van der Waals surface area contributed by atoms with Gasteiger partial charge in [-0.3, -0.25) is 4.79 Å². The number of pyridine rings is 1. The van der Waals surface area contributed by atoms with Crippen molar-refractivity contribution in [3.8, 4) is 0 Å². The van der Waals surface area contributed by atoms with Crippen molar-refractivity contribution in [2.75, 3.05) is 17.2 Å². The number of nitrogens with one attached hydrogen (secondary N) is 2. The molecular formula is C17H16N4O3S2. The molecule has 3 rings (SSSR count). The van der Waals surface area contributed by atoms with E-state index in [2.05, 4.69) is 20.6 Å². The number of aromatic nitrogens is 2. The summed E-state index contributed by atoms with van der Waals surface area (Å²) in [5, 5.41) is 10.5. The summed E-state index contributed by atoms with van der Waals surface area (Å²) < 4.78 is 4.98. The highest BCUT2D eigenvalue weighted by molar-refractivity contribution is 7.14. The zero-order chi connectivity index (χ0) is 18.4. The maximum absolute atomic E-state index is 12.3. The Balaban J connectivity index is 1.59. The normalized spacial score (nSPS) is 10.3. The predicted octanol–water partition coefficient (Wildman–Crippen LogP) is 3.70. The highest BCUT2D eigenvalue weighted by Gasteiger charge is 2.16. The van der Waals surface area contributed by atoms with Crippen LogP contribution in [0.4, 0.5) is 16.0 Å². The van der Waals surface area contributed by atoms with Gasteiger partial charge in [0, 0.05) is 11.6 Å². The van der Waals surface area contributed by atoms with Crippen LogP contribution < -0.4 is 10.6 Å². The van der Waals surface area contributed by atoms with Gasteiger partial charge in [-0.2, -0.15) is 0 Å². The molecule has 0 aliphatic heterocycles. The van der Waals surface area contributed by atoms with E-state index in [1.807, 2.05) is 23.6 Å². The van der Waals surface area contributed by atoms with E-state index >= 15 is 0 Å². The number of esters is 1. The van der Waals surface area contributed by atoms with E-state index in [1.54, 1.807) is 24.6 Å². The Bertz CT molecular complexity index is 892. The van der Waals surface area contributed by atoms with Crippen LogP contribution in [0.3, 0.4) is 0 Å². The standard InChI is InChI=1S/C17H16N4O3S2/c1-2-24-16(23)12-6-8-25-15(12)21-14(22)9-11-10-26-17(19-11)20-13-5-3-4-7-18-13/h3-8,10H,2,9H2,1H3,(H,21,22)(H,18,19,20). The highest BCUT2D eigenvalue weighted by atomic mass is 32.1. The molecule has 0 fully saturated rings. The second kappa shape index (κ2) is 8.54. The summed E-state index contributed by atoms with van der Waals surface area (Å²) in [5.74, 6) is 0.00255. The van der Waals surface area contributed by atoms with E-state index in [4.69, 9.17) is 4.74 Å². The van der Waals surface area contributed by atoms with Crippen LogP contribution in [0.5, 0.6) is 0 Å². The molecule has 9 heteroatoms. The van der Waals surface area contributed by atoms with Crippen LogP contribution in [0.15, 0.2) is 41.2 Å². The average molecular weight is 388 g/mol. The van der Waals surface area contributed by atoms with Crippen molar-refractivity contribution in [1.82, 2.24) is 9.97 Å². The van der Waals surface area contributed by atoms with Gasteiger partial charge < -0.3 is 15.4 Å². The molecule has 7 nitrogen and oxygen atoms in total. The van der Waals surface area contributed by atoms with Crippen molar-refractivity contribution in [2.45, 2.75) is 13.3 Å². The molecule has 0 saturated heterocycles.